The predicted molar refractivity (Wildman–Crippen MR) is 93.3 cm³/mol. The molecule has 0 aromatic heterocycles. The molecule has 3 rings (SSSR count). The minimum absolute atomic E-state index is 0.0140. The summed E-state index contributed by atoms with van der Waals surface area (Å²) in [6.45, 7) is 7.19. The highest BCUT2D eigenvalue weighted by Crippen LogP contribution is 2.22. The molecule has 0 saturated carbocycles. The molecule has 5 nitrogen and oxygen atoms in total. The van der Waals surface area contributed by atoms with Crippen LogP contribution in [0, 0.1) is 0 Å². The van der Waals surface area contributed by atoms with Gasteiger partial charge in [0.2, 0.25) is 5.91 Å². The van der Waals surface area contributed by atoms with Gasteiger partial charge in [0.1, 0.15) is 11.9 Å². The first-order chi connectivity index (χ1) is 11.6. The van der Waals surface area contributed by atoms with Crippen LogP contribution in [0.4, 0.5) is 0 Å². The van der Waals surface area contributed by atoms with E-state index in [1.54, 1.807) is 0 Å². The molecule has 1 aromatic rings. The SMILES string of the molecule is CC(C)Oc1ccc(CCNC(=O)[C@H]2CN3CCC[C@H]3CO2)cc1. The third-order valence-corrected chi connectivity index (χ3v) is 4.69. The van der Waals surface area contributed by atoms with E-state index in [9.17, 15) is 4.79 Å². The molecule has 0 aliphatic carbocycles. The van der Waals surface area contributed by atoms with E-state index in [2.05, 4.69) is 22.3 Å². The third-order valence-electron chi connectivity index (χ3n) is 4.69. The lowest BCUT2D eigenvalue weighted by Gasteiger charge is -2.34. The number of hydrogen-bond donors (Lipinski definition) is 1. The Morgan fingerprint density at radius 3 is 2.92 bits per heavy atom. The van der Waals surface area contributed by atoms with Crippen LogP contribution in [0.1, 0.15) is 32.3 Å². The molecule has 2 aliphatic rings. The maximum absolute atomic E-state index is 12.3. The van der Waals surface area contributed by atoms with Crippen LogP contribution in [0.25, 0.3) is 0 Å². The number of ether oxygens (including phenoxy) is 2. The summed E-state index contributed by atoms with van der Waals surface area (Å²) in [6, 6.07) is 8.59. The Morgan fingerprint density at radius 2 is 2.17 bits per heavy atom. The molecule has 132 valence electrons. The molecule has 0 bridgehead atoms. The van der Waals surface area contributed by atoms with Gasteiger partial charge < -0.3 is 14.8 Å². The number of nitrogens with zero attached hydrogens (tertiary/aromatic N) is 1. The van der Waals surface area contributed by atoms with Crippen molar-refractivity contribution in [2.45, 2.75) is 51.4 Å². The van der Waals surface area contributed by atoms with Crippen molar-refractivity contribution in [2.75, 3.05) is 26.2 Å². The largest absolute Gasteiger partial charge is 0.491 e. The average Bonchev–Trinajstić information content (AvgIpc) is 3.03. The Labute approximate surface area is 144 Å². The fraction of sp³-hybridized carbons (Fsp3) is 0.632. The van der Waals surface area contributed by atoms with Gasteiger partial charge in [-0.3, -0.25) is 9.69 Å². The van der Waals surface area contributed by atoms with E-state index < -0.39 is 0 Å². The standard InChI is InChI=1S/C19H28N2O3/c1-14(2)24-17-7-5-15(6-8-17)9-10-20-19(22)18-12-21-11-3-4-16(21)13-23-18/h5-8,14,16,18H,3-4,9-13H2,1-2H3,(H,20,22)/t16-,18+/m0/s1. The number of rotatable bonds is 6. The zero-order valence-corrected chi connectivity index (χ0v) is 14.7. The van der Waals surface area contributed by atoms with Crippen molar-refractivity contribution in [3.8, 4) is 5.75 Å². The van der Waals surface area contributed by atoms with Gasteiger partial charge in [0.15, 0.2) is 0 Å². The van der Waals surface area contributed by atoms with Gasteiger partial charge in [-0.15, -0.1) is 0 Å². The van der Waals surface area contributed by atoms with Gasteiger partial charge in [-0.05, 0) is 57.4 Å². The van der Waals surface area contributed by atoms with E-state index in [4.69, 9.17) is 9.47 Å². The highest BCUT2D eigenvalue weighted by molar-refractivity contribution is 5.81. The molecule has 24 heavy (non-hydrogen) atoms. The van der Waals surface area contributed by atoms with Crippen molar-refractivity contribution in [2.24, 2.45) is 0 Å². The van der Waals surface area contributed by atoms with Crippen LogP contribution in [0.3, 0.4) is 0 Å². The summed E-state index contributed by atoms with van der Waals surface area (Å²) in [6.07, 6.45) is 3.10. The first kappa shape index (κ1) is 17.2. The number of carbonyl (C=O) groups is 1. The van der Waals surface area contributed by atoms with Crippen molar-refractivity contribution in [1.29, 1.82) is 0 Å². The van der Waals surface area contributed by atoms with Gasteiger partial charge in [-0.1, -0.05) is 12.1 Å². The molecule has 2 heterocycles. The second kappa shape index (κ2) is 7.99. The Kier molecular flexibility index (Phi) is 5.74. The lowest BCUT2D eigenvalue weighted by atomic mass is 10.1. The Morgan fingerprint density at radius 1 is 1.38 bits per heavy atom. The number of nitrogens with one attached hydrogen (secondary N) is 1. The topological polar surface area (TPSA) is 50.8 Å². The van der Waals surface area contributed by atoms with E-state index in [0.717, 1.165) is 25.3 Å². The molecule has 1 amide bonds. The molecule has 2 saturated heterocycles. The van der Waals surface area contributed by atoms with Crippen LogP contribution < -0.4 is 10.1 Å². The van der Waals surface area contributed by atoms with Crippen molar-refractivity contribution in [3.05, 3.63) is 29.8 Å². The minimum Gasteiger partial charge on any atom is -0.491 e. The maximum atomic E-state index is 12.3. The number of hydrogen-bond acceptors (Lipinski definition) is 4. The number of fused-ring (bicyclic) bond motifs is 1. The summed E-state index contributed by atoms with van der Waals surface area (Å²) in [5.41, 5.74) is 1.19. The van der Waals surface area contributed by atoms with Crippen LogP contribution in [0.15, 0.2) is 24.3 Å². The van der Waals surface area contributed by atoms with Gasteiger partial charge in [0, 0.05) is 19.1 Å². The average molecular weight is 332 g/mol. The second-order valence-electron chi connectivity index (χ2n) is 6.96. The summed E-state index contributed by atoms with van der Waals surface area (Å²) >= 11 is 0. The van der Waals surface area contributed by atoms with E-state index in [1.807, 2.05) is 26.0 Å². The monoisotopic (exact) mass is 332 g/mol. The zero-order chi connectivity index (χ0) is 16.9. The van der Waals surface area contributed by atoms with Crippen LogP contribution in [0.2, 0.25) is 0 Å². The van der Waals surface area contributed by atoms with Crippen molar-refractivity contribution in [3.63, 3.8) is 0 Å². The molecule has 0 radical (unpaired) electrons. The summed E-state index contributed by atoms with van der Waals surface area (Å²) in [4.78, 5) is 14.7. The van der Waals surface area contributed by atoms with E-state index in [-0.39, 0.29) is 18.1 Å². The lowest BCUT2D eigenvalue weighted by Crippen LogP contribution is -2.52. The van der Waals surface area contributed by atoms with E-state index in [0.29, 0.717) is 19.2 Å². The normalized spacial score (nSPS) is 24.0. The highest BCUT2D eigenvalue weighted by atomic mass is 16.5. The van der Waals surface area contributed by atoms with Gasteiger partial charge in [-0.25, -0.2) is 0 Å². The minimum atomic E-state index is -0.318. The van der Waals surface area contributed by atoms with Gasteiger partial charge in [0.05, 0.1) is 12.7 Å². The number of amides is 1. The van der Waals surface area contributed by atoms with Crippen molar-refractivity contribution >= 4 is 5.91 Å². The molecular weight excluding hydrogens is 304 g/mol. The van der Waals surface area contributed by atoms with Crippen LogP contribution >= 0.6 is 0 Å². The molecule has 2 aliphatic heterocycles. The number of carbonyl (C=O) groups excluding carboxylic acids is 1. The van der Waals surface area contributed by atoms with Gasteiger partial charge in [-0.2, -0.15) is 0 Å². The molecule has 5 heteroatoms. The molecule has 1 N–H and O–H groups in total. The molecule has 0 unspecified atom stereocenters. The van der Waals surface area contributed by atoms with Gasteiger partial charge in [0.25, 0.3) is 0 Å². The number of benzene rings is 1. The Hall–Kier alpha value is -1.59. The summed E-state index contributed by atoms with van der Waals surface area (Å²) in [5.74, 6) is 0.897. The summed E-state index contributed by atoms with van der Waals surface area (Å²) in [7, 11) is 0. The van der Waals surface area contributed by atoms with E-state index in [1.165, 1.54) is 18.4 Å². The lowest BCUT2D eigenvalue weighted by molar-refractivity contribution is -0.140. The third kappa shape index (κ3) is 4.48. The van der Waals surface area contributed by atoms with Crippen molar-refractivity contribution < 1.29 is 14.3 Å². The van der Waals surface area contributed by atoms with Crippen LogP contribution in [0.5, 0.6) is 5.75 Å². The van der Waals surface area contributed by atoms with Gasteiger partial charge >= 0.3 is 0 Å². The first-order valence-electron chi connectivity index (χ1n) is 9.01. The van der Waals surface area contributed by atoms with Crippen molar-refractivity contribution in [1.82, 2.24) is 10.2 Å². The molecular formula is C19H28N2O3. The predicted octanol–water partition coefficient (Wildman–Crippen LogP) is 2.00. The first-order valence-corrected chi connectivity index (χ1v) is 9.01. The fourth-order valence-electron chi connectivity index (χ4n) is 3.43. The number of morpholine rings is 1. The summed E-state index contributed by atoms with van der Waals surface area (Å²) < 4.78 is 11.4. The zero-order valence-electron chi connectivity index (χ0n) is 14.7. The summed E-state index contributed by atoms with van der Waals surface area (Å²) in [5, 5.41) is 3.01. The Balaban J connectivity index is 1.40. The molecule has 1 aromatic carbocycles. The highest BCUT2D eigenvalue weighted by Gasteiger charge is 2.35. The molecule has 2 fully saturated rings. The van der Waals surface area contributed by atoms with Crippen LogP contribution in [-0.4, -0.2) is 55.3 Å². The smallest absolute Gasteiger partial charge is 0.250 e. The quantitative estimate of drug-likeness (QED) is 0.866. The van der Waals surface area contributed by atoms with Crippen LogP contribution in [-0.2, 0) is 16.0 Å². The van der Waals surface area contributed by atoms with E-state index >= 15 is 0 Å². The molecule has 2 atom stereocenters. The second-order valence-corrected chi connectivity index (χ2v) is 6.96. The maximum Gasteiger partial charge on any atom is 0.250 e. The molecule has 0 spiro atoms. The Bertz CT molecular complexity index is 544. The fourth-order valence-corrected chi connectivity index (χ4v) is 3.43.